The van der Waals surface area contributed by atoms with Gasteiger partial charge in [0.25, 0.3) is 0 Å². The van der Waals surface area contributed by atoms with E-state index in [0.717, 1.165) is 50.2 Å². The van der Waals surface area contributed by atoms with Crippen molar-refractivity contribution in [3.63, 3.8) is 0 Å². The van der Waals surface area contributed by atoms with Gasteiger partial charge in [-0.2, -0.15) is 0 Å². The first-order chi connectivity index (χ1) is 12.7. The molecule has 5 fully saturated rings. The molecule has 5 aliphatic rings. The molecule has 26 heavy (non-hydrogen) atoms. The van der Waals surface area contributed by atoms with Crippen molar-refractivity contribution in [2.75, 3.05) is 19.6 Å². The van der Waals surface area contributed by atoms with Gasteiger partial charge in [-0.25, -0.2) is 8.93 Å². The molecule has 6 rings (SSSR count). The number of benzene rings is 1. The van der Waals surface area contributed by atoms with Crippen molar-refractivity contribution < 1.29 is 4.21 Å². The molecule has 1 aliphatic heterocycles. The lowest BCUT2D eigenvalue weighted by Crippen LogP contribution is -2.56. The summed E-state index contributed by atoms with van der Waals surface area (Å²) < 4.78 is 17.0. The van der Waals surface area contributed by atoms with Crippen LogP contribution in [-0.2, 0) is 17.4 Å². The summed E-state index contributed by atoms with van der Waals surface area (Å²) in [4.78, 5) is 2.54. The first-order valence-electron chi connectivity index (χ1n) is 10.6. The minimum Gasteiger partial charge on any atom is -0.301 e. The van der Waals surface area contributed by atoms with Crippen molar-refractivity contribution in [3.8, 4) is 0 Å². The Morgan fingerprint density at radius 2 is 1.69 bits per heavy atom. The molecule has 2 atom stereocenters. The highest BCUT2D eigenvalue weighted by Gasteiger charge is 2.54. The van der Waals surface area contributed by atoms with E-state index in [4.69, 9.17) is 0 Å². The van der Waals surface area contributed by atoms with Gasteiger partial charge in [0.05, 0.1) is 15.7 Å². The first-order valence-corrected chi connectivity index (χ1v) is 11.8. The molecule has 1 heterocycles. The van der Waals surface area contributed by atoms with Crippen molar-refractivity contribution in [1.29, 1.82) is 0 Å². The summed E-state index contributed by atoms with van der Waals surface area (Å²) in [5, 5.41) is 0. The molecule has 1 aromatic carbocycles. The third-order valence-corrected chi connectivity index (χ3v) is 9.31. The van der Waals surface area contributed by atoms with Gasteiger partial charge in [-0.05, 0) is 81.2 Å². The van der Waals surface area contributed by atoms with E-state index in [2.05, 4.69) is 40.0 Å². The van der Waals surface area contributed by atoms with Gasteiger partial charge in [-0.15, -0.1) is 0 Å². The molecule has 1 aromatic rings. The standard InChI is InChI=1S/C22H32N2OS/c25-26(22-13-18-10-19(14-22)12-20(11-18)15-22)23-21-7-9-24(16-21)8-6-17-4-2-1-3-5-17/h1-5,18-21,23H,6-16H2. The lowest BCUT2D eigenvalue weighted by Gasteiger charge is -2.56. The minimum absolute atomic E-state index is 0.117. The van der Waals surface area contributed by atoms with Crippen LogP contribution in [0.25, 0.3) is 0 Å². The molecule has 1 N–H and O–H groups in total. The topological polar surface area (TPSA) is 32.3 Å². The van der Waals surface area contributed by atoms with Gasteiger partial charge in [0.1, 0.15) is 0 Å². The number of nitrogens with zero attached hydrogens (tertiary/aromatic N) is 1. The zero-order valence-corrected chi connectivity index (χ0v) is 16.6. The van der Waals surface area contributed by atoms with Crippen molar-refractivity contribution >= 4 is 11.0 Å². The molecule has 4 aliphatic carbocycles. The van der Waals surface area contributed by atoms with Crippen molar-refractivity contribution in [3.05, 3.63) is 35.9 Å². The van der Waals surface area contributed by atoms with Gasteiger partial charge in [0.15, 0.2) is 0 Å². The molecule has 1 saturated heterocycles. The highest BCUT2D eigenvalue weighted by atomic mass is 32.2. The average molecular weight is 373 g/mol. The fourth-order valence-electron chi connectivity index (χ4n) is 6.60. The zero-order chi connectivity index (χ0) is 17.6. The fourth-order valence-corrected chi connectivity index (χ4v) is 8.50. The van der Waals surface area contributed by atoms with Gasteiger partial charge in [0, 0.05) is 19.1 Å². The van der Waals surface area contributed by atoms with E-state index in [1.807, 2.05) is 0 Å². The first kappa shape index (κ1) is 17.4. The Bertz CT molecular complexity index is 626. The Balaban J connectivity index is 1.14. The highest BCUT2D eigenvalue weighted by molar-refractivity contribution is 7.84. The number of nitrogens with one attached hydrogen (secondary N) is 1. The number of rotatable bonds is 6. The minimum atomic E-state index is -0.846. The van der Waals surface area contributed by atoms with Crippen LogP contribution >= 0.6 is 0 Å². The molecule has 142 valence electrons. The third-order valence-electron chi connectivity index (χ3n) is 7.48. The molecular weight excluding hydrogens is 340 g/mol. The van der Waals surface area contributed by atoms with Crippen LogP contribution in [0.15, 0.2) is 30.3 Å². The van der Waals surface area contributed by atoms with Gasteiger partial charge < -0.3 is 4.90 Å². The van der Waals surface area contributed by atoms with Crippen molar-refractivity contribution in [2.24, 2.45) is 17.8 Å². The second kappa shape index (κ2) is 7.03. The number of hydrogen-bond donors (Lipinski definition) is 1. The molecule has 0 radical (unpaired) electrons. The summed E-state index contributed by atoms with van der Waals surface area (Å²) in [6.07, 6.45) is 10.2. The Morgan fingerprint density at radius 3 is 2.35 bits per heavy atom. The maximum atomic E-state index is 13.3. The SMILES string of the molecule is O=S(NC1CCN(CCc2ccccc2)C1)C12CC3CC(CC(C3)C1)C2. The molecule has 4 saturated carbocycles. The number of likely N-dealkylation sites (tertiary alicyclic amines) is 1. The quantitative estimate of drug-likeness (QED) is 0.829. The summed E-state index contributed by atoms with van der Waals surface area (Å²) in [6, 6.07) is 11.2. The maximum absolute atomic E-state index is 13.3. The van der Waals surface area contributed by atoms with Gasteiger partial charge in [0.2, 0.25) is 0 Å². The summed E-state index contributed by atoms with van der Waals surface area (Å²) in [5.41, 5.74) is 1.42. The molecule has 2 unspecified atom stereocenters. The van der Waals surface area contributed by atoms with Crippen LogP contribution in [0.2, 0.25) is 0 Å². The lowest BCUT2D eigenvalue weighted by molar-refractivity contribution is 0.0355. The normalized spacial score (nSPS) is 40.2. The zero-order valence-electron chi connectivity index (χ0n) is 15.7. The Labute approximate surface area is 160 Å². The predicted octanol–water partition coefficient (Wildman–Crippen LogP) is 3.53. The van der Waals surface area contributed by atoms with Crippen LogP contribution in [0.3, 0.4) is 0 Å². The molecule has 3 nitrogen and oxygen atoms in total. The predicted molar refractivity (Wildman–Crippen MR) is 107 cm³/mol. The molecule has 0 amide bonds. The van der Waals surface area contributed by atoms with E-state index in [1.165, 1.54) is 44.1 Å². The molecule has 0 aromatic heterocycles. The third kappa shape index (κ3) is 3.41. The van der Waals surface area contributed by atoms with Crippen LogP contribution in [0.1, 0.15) is 50.5 Å². The van der Waals surface area contributed by atoms with E-state index in [0.29, 0.717) is 6.04 Å². The van der Waals surface area contributed by atoms with Crippen molar-refractivity contribution in [1.82, 2.24) is 9.62 Å². The van der Waals surface area contributed by atoms with Crippen LogP contribution in [-0.4, -0.2) is 39.5 Å². The van der Waals surface area contributed by atoms with Gasteiger partial charge in [-0.1, -0.05) is 30.3 Å². The maximum Gasteiger partial charge on any atom is 0.0982 e. The highest BCUT2D eigenvalue weighted by Crippen LogP contribution is 2.57. The smallest absolute Gasteiger partial charge is 0.0982 e. The van der Waals surface area contributed by atoms with E-state index in [9.17, 15) is 4.21 Å². The Morgan fingerprint density at radius 1 is 1.04 bits per heavy atom. The van der Waals surface area contributed by atoms with Crippen LogP contribution < -0.4 is 4.72 Å². The monoisotopic (exact) mass is 372 g/mol. The van der Waals surface area contributed by atoms with Crippen LogP contribution in [0.5, 0.6) is 0 Å². The lowest BCUT2D eigenvalue weighted by atomic mass is 9.56. The second-order valence-corrected chi connectivity index (χ2v) is 11.1. The fraction of sp³-hybridized carbons (Fsp3) is 0.727. The summed E-state index contributed by atoms with van der Waals surface area (Å²) in [7, 11) is -0.846. The van der Waals surface area contributed by atoms with Crippen molar-refractivity contribution in [2.45, 2.75) is 62.2 Å². The molecule has 0 spiro atoms. The Kier molecular flexibility index (Phi) is 4.70. The van der Waals surface area contributed by atoms with Gasteiger partial charge >= 0.3 is 0 Å². The van der Waals surface area contributed by atoms with Crippen LogP contribution in [0, 0.1) is 17.8 Å². The van der Waals surface area contributed by atoms with Crippen LogP contribution in [0.4, 0.5) is 0 Å². The van der Waals surface area contributed by atoms with E-state index in [-0.39, 0.29) is 4.75 Å². The van der Waals surface area contributed by atoms with E-state index in [1.54, 1.807) is 0 Å². The summed E-state index contributed by atoms with van der Waals surface area (Å²) in [5.74, 6) is 2.62. The average Bonchev–Trinajstić information content (AvgIpc) is 3.07. The molecule has 4 bridgehead atoms. The van der Waals surface area contributed by atoms with E-state index < -0.39 is 11.0 Å². The second-order valence-electron chi connectivity index (χ2n) is 9.51. The molecule has 4 heteroatoms. The van der Waals surface area contributed by atoms with Gasteiger partial charge in [-0.3, -0.25) is 0 Å². The largest absolute Gasteiger partial charge is 0.301 e. The molecular formula is C22H32N2OS. The summed E-state index contributed by atoms with van der Waals surface area (Å²) >= 11 is 0. The summed E-state index contributed by atoms with van der Waals surface area (Å²) in [6.45, 7) is 3.32. The van der Waals surface area contributed by atoms with E-state index >= 15 is 0 Å². The Hall–Kier alpha value is -0.710. The number of hydrogen-bond acceptors (Lipinski definition) is 2.